The molecule has 0 atom stereocenters. The van der Waals surface area contributed by atoms with Gasteiger partial charge in [0, 0.05) is 6.42 Å². The lowest BCUT2D eigenvalue weighted by Crippen LogP contribution is -2.09. The number of carbonyl (C=O) groups is 1. The van der Waals surface area contributed by atoms with Crippen LogP contribution in [-0.4, -0.2) is 12.4 Å². The molecule has 1 aliphatic heterocycles. The molecule has 1 aliphatic carbocycles. The van der Waals surface area contributed by atoms with Gasteiger partial charge in [0.05, 0.1) is 6.61 Å². The van der Waals surface area contributed by atoms with Crippen molar-refractivity contribution in [1.29, 1.82) is 0 Å². The third kappa shape index (κ3) is 2.00. The van der Waals surface area contributed by atoms with Crippen LogP contribution in [0.3, 0.4) is 0 Å². The summed E-state index contributed by atoms with van der Waals surface area (Å²) < 4.78 is 5.51. The van der Waals surface area contributed by atoms with Crippen LogP contribution in [0.5, 0.6) is 0 Å². The van der Waals surface area contributed by atoms with Crippen LogP contribution >= 0.6 is 0 Å². The first-order valence-electron chi connectivity index (χ1n) is 4.93. The third-order valence-corrected chi connectivity index (χ3v) is 2.46. The first-order chi connectivity index (χ1) is 6.36. The minimum absolute atomic E-state index is 0.247. The van der Waals surface area contributed by atoms with E-state index in [1.54, 1.807) is 6.08 Å². The van der Waals surface area contributed by atoms with Gasteiger partial charge in [0.15, 0.2) is 5.78 Å². The predicted octanol–water partition coefficient (Wildman–Crippen LogP) is 2.36. The van der Waals surface area contributed by atoms with E-state index in [1.165, 1.54) is 0 Å². The summed E-state index contributed by atoms with van der Waals surface area (Å²) >= 11 is 0. The second-order valence-electron chi connectivity index (χ2n) is 3.55. The van der Waals surface area contributed by atoms with Gasteiger partial charge in [-0.3, -0.25) is 4.79 Å². The second-order valence-corrected chi connectivity index (χ2v) is 3.55. The lowest BCUT2D eigenvalue weighted by molar-refractivity contribution is -0.115. The number of allylic oxidation sites excluding steroid dienone is 3. The highest BCUT2D eigenvalue weighted by Crippen LogP contribution is 2.25. The lowest BCUT2D eigenvalue weighted by Gasteiger charge is -2.19. The zero-order valence-electron chi connectivity index (χ0n) is 7.71. The van der Waals surface area contributed by atoms with E-state index >= 15 is 0 Å². The van der Waals surface area contributed by atoms with Crippen molar-refractivity contribution in [3.63, 3.8) is 0 Å². The zero-order valence-corrected chi connectivity index (χ0v) is 7.71. The third-order valence-electron chi connectivity index (χ3n) is 2.46. The summed E-state index contributed by atoms with van der Waals surface area (Å²) in [6.07, 6.45) is 8.72. The molecule has 0 saturated heterocycles. The van der Waals surface area contributed by atoms with Gasteiger partial charge in [-0.05, 0) is 43.4 Å². The summed E-state index contributed by atoms with van der Waals surface area (Å²) in [5, 5.41) is 0. The Balaban J connectivity index is 2.14. The van der Waals surface area contributed by atoms with Crippen LogP contribution in [0.15, 0.2) is 23.5 Å². The van der Waals surface area contributed by atoms with Crippen molar-refractivity contribution in [3.8, 4) is 0 Å². The van der Waals surface area contributed by atoms with Gasteiger partial charge in [-0.1, -0.05) is 0 Å². The maximum absolute atomic E-state index is 11.2. The van der Waals surface area contributed by atoms with E-state index in [2.05, 4.69) is 6.08 Å². The Morgan fingerprint density at radius 3 is 2.85 bits per heavy atom. The highest BCUT2D eigenvalue weighted by atomic mass is 16.5. The lowest BCUT2D eigenvalue weighted by atomic mass is 9.96. The number of ether oxygens (including phenoxy) is 1. The SMILES string of the molecule is O=C1C=C(C2=CCCCO2)CCC1. The van der Waals surface area contributed by atoms with Crippen molar-refractivity contribution in [2.75, 3.05) is 6.61 Å². The number of hydrogen-bond donors (Lipinski definition) is 0. The molecule has 0 aromatic heterocycles. The zero-order chi connectivity index (χ0) is 9.10. The number of carbonyl (C=O) groups excluding carboxylic acids is 1. The topological polar surface area (TPSA) is 26.3 Å². The highest BCUT2D eigenvalue weighted by molar-refractivity contribution is 5.91. The molecule has 0 aromatic carbocycles. The smallest absolute Gasteiger partial charge is 0.156 e. The second kappa shape index (κ2) is 3.77. The van der Waals surface area contributed by atoms with Gasteiger partial charge in [0.2, 0.25) is 0 Å². The van der Waals surface area contributed by atoms with E-state index in [0.29, 0.717) is 6.42 Å². The quantitative estimate of drug-likeness (QED) is 0.616. The highest BCUT2D eigenvalue weighted by Gasteiger charge is 2.15. The van der Waals surface area contributed by atoms with E-state index in [1.807, 2.05) is 0 Å². The van der Waals surface area contributed by atoms with E-state index in [4.69, 9.17) is 4.74 Å². The minimum Gasteiger partial charge on any atom is -0.494 e. The first kappa shape index (κ1) is 8.54. The molecule has 0 saturated carbocycles. The fraction of sp³-hybridized carbons (Fsp3) is 0.545. The van der Waals surface area contributed by atoms with Gasteiger partial charge >= 0.3 is 0 Å². The number of rotatable bonds is 1. The molecular formula is C11H14O2. The van der Waals surface area contributed by atoms with Crippen molar-refractivity contribution in [1.82, 2.24) is 0 Å². The molecule has 0 fully saturated rings. The molecule has 1 heterocycles. The Kier molecular flexibility index (Phi) is 2.48. The van der Waals surface area contributed by atoms with E-state index in [0.717, 1.165) is 43.6 Å². The molecule has 2 nitrogen and oxygen atoms in total. The van der Waals surface area contributed by atoms with Gasteiger partial charge in [-0.15, -0.1) is 0 Å². The van der Waals surface area contributed by atoms with Crippen molar-refractivity contribution in [2.45, 2.75) is 32.1 Å². The van der Waals surface area contributed by atoms with Crippen molar-refractivity contribution in [2.24, 2.45) is 0 Å². The van der Waals surface area contributed by atoms with Crippen molar-refractivity contribution in [3.05, 3.63) is 23.5 Å². The molecule has 0 amide bonds. The molecule has 0 radical (unpaired) electrons. The van der Waals surface area contributed by atoms with Gasteiger partial charge in [0.25, 0.3) is 0 Å². The van der Waals surface area contributed by atoms with Crippen molar-refractivity contribution < 1.29 is 9.53 Å². The standard InChI is InChI=1S/C11H14O2/c12-10-5-3-4-9(8-10)11-6-1-2-7-13-11/h6,8H,1-5,7H2. The van der Waals surface area contributed by atoms with Gasteiger partial charge in [0.1, 0.15) is 5.76 Å². The average molecular weight is 178 g/mol. The first-order valence-corrected chi connectivity index (χ1v) is 4.93. The molecule has 0 bridgehead atoms. The molecule has 0 N–H and O–H groups in total. The fourth-order valence-electron chi connectivity index (χ4n) is 1.77. The number of hydrogen-bond acceptors (Lipinski definition) is 2. The van der Waals surface area contributed by atoms with E-state index in [9.17, 15) is 4.79 Å². The summed E-state index contributed by atoms with van der Waals surface area (Å²) in [6, 6.07) is 0. The Morgan fingerprint density at radius 2 is 2.15 bits per heavy atom. The minimum atomic E-state index is 0.247. The Morgan fingerprint density at radius 1 is 1.23 bits per heavy atom. The van der Waals surface area contributed by atoms with Crippen LogP contribution in [0.1, 0.15) is 32.1 Å². The Bertz CT molecular complexity index is 274. The molecular weight excluding hydrogens is 164 g/mol. The maximum Gasteiger partial charge on any atom is 0.156 e. The van der Waals surface area contributed by atoms with Crippen molar-refractivity contribution >= 4 is 5.78 Å². The average Bonchev–Trinajstić information content (AvgIpc) is 2.19. The van der Waals surface area contributed by atoms with Crippen LogP contribution in [0.25, 0.3) is 0 Å². The van der Waals surface area contributed by atoms with E-state index < -0.39 is 0 Å². The molecule has 2 rings (SSSR count). The molecule has 13 heavy (non-hydrogen) atoms. The Labute approximate surface area is 78.3 Å². The van der Waals surface area contributed by atoms with Gasteiger partial charge in [-0.25, -0.2) is 0 Å². The summed E-state index contributed by atoms with van der Waals surface area (Å²) in [4.78, 5) is 11.2. The van der Waals surface area contributed by atoms with Crippen LogP contribution in [0.4, 0.5) is 0 Å². The maximum atomic E-state index is 11.2. The van der Waals surface area contributed by atoms with Crippen LogP contribution in [0, 0.1) is 0 Å². The Hall–Kier alpha value is -1.05. The summed E-state index contributed by atoms with van der Waals surface area (Å²) in [7, 11) is 0. The van der Waals surface area contributed by atoms with Gasteiger partial charge in [-0.2, -0.15) is 0 Å². The monoisotopic (exact) mass is 178 g/mol. The predicted molar refractivity (Wildman–Crippen MR) is 50.2 cm³/mol. The summed E-state index contributed by atoms with van der Waals surface area (Å²) in [5.74, 6) is 1.20. The molecule has 0 spiro atoms. The number of ketones is 1. The fourth-order valence-corrected chi connectivity index (χ4v) is 1.77. The van der Waals surface area contributed by atoms with Gasteiger partial charge < -0.3 is 4.74 Å². The largest absolute Gasteiger partial charge is 0.494 e. The summed E-state index contributed by atoms with van der Waals surface area (Å²) in [5.41, 5.74) is 1.11. The molecule has 2 aliphatic rings. The summed E-state index contributed by atoms with van der Waals surface area (Å²) in [6.45, 7) is 0.803. The molecule has 2 heteroatoms. The van der Waals surface area contributed by atoms with Crippen LogP contribution in [0.2, 0.25) is 0 Å². The van der Waals surface area contributed by atoms with Crippen LogP contribution in [-0.2, 0) is 9.53 Å². The van der Waals surface area contributed by atoms with E-state index in [-0.39, 0.29) is 5.78 Å². The van der Waals surface area contributed by atoms with Crippen LogP contribution < -0.4 is 0 Å². The molecule has 0 unspecified atom stereocenters. The molecule has 70 valence electrons. The molecule has 0 aromatic rings. The normalized spacial score (nSPS) is 23.2.